The zero-order valence-electron chi connectivity index (χ0n) is 12.8. The number of thiazole rings is 1. The van der Waals surface area contributed by atoms with Crippen LogP contribution in [0.1, 0.15) is 47.7 Å². The van der Waals surface area contributed by atoms with Crippen molar-refractivity contribution in [3.8, 4) is 0 Å². The van der Waals surface area contributed by atoms with E-state index in [0.717, 1.165) is 49.4 Å². The molecule has 0 bridgehead atoms. The van der Waals surface area contributed by atoms with E-state index in [0.29, 0.717) is 13.0 Å². The van der Waals surface area contributed by atoms with Gasteiger partial charge in [-0.2, -0.15) is 0 Å². The molecule has 0 fully saturated rings. The lowest BCUT2D eigenvalue weighted by Gasteiger charge is -2.04. The number of hydrogen-bond acceptors (Lipinski definition) is 4. The Morgan fingerprint density at radius 1 is 1.19 bits per heavy atom. The Kier molecular flexibility index (Phi) is 14.5. The van der Waals surface area contributed by atoms with Crippen molar-refractivity contribution < 1.29 is 4.79 Å². The zero-order chi connectivity index (χ0) is 14.1. The minimum Gasteiger partial charge on any atom is -0.356 e. The van der Waals surface area contributed by atoms with Crippen molar-refractivity contribution in [3.05, 3.63) is 15.6 Å². The van der Waals surface area contributed by atoms with Gasteiger partial charge in [0.2, 0.25) is 5.91 Å². The minimum atomic E-state index is 0. The van der Waals surface area contributed by atoms with Crippen molar-refractivity contribution in [2.45, 2.75) is 52.4 Å². The third-order valence-electron chi connectivity index (χ3n) is 3.03. The number of carbonyl (C=O) groups excluding carboxylic acids is 1. The molecule has 1 aromatic rings. The number of aromatic nitrogens is 1. The molecule has 0 saturated carbocycles. The first-order valence-corrected chi connectivity index (χ1v) is 7.84. The topological polar surface area (TPSA) is 68.0 Å². The number of halogens is 2. The number of aryl methyl sites for hydroxylation is 2. The number of nitrogens with one attached hydrogen (secondary N) is 1. The van der Waals surface area contributed by atoms with Gasteiger partial charge in [-0.25, -0.2) is 4.98 Å². The smallest absolute Gasteiger partial charge is 0.220 e. The van der Waals surface area contributed by atoms with Crippen LogP contribution < -0.4 is 11.1 Å². The maximum atomic E-state index is 11.6. The van der Waals surface area contributed by atoms with E-state index in [4.69, 9.17) is 5.73 Å². The second kappa shape index (κ2) is 13.3. The summed E-state index contributed by atoms with van der Waals surface area (Å²) in [5, 5.41) is 4.07. The lowest BCUT2D eigenvalue weighted by atomic mass is 10.1. The average molecular weight is 356 g/mol. The molecule has 0 saturated heterocycles. The van der Waals surface area contributed by atoms with E-state index in [9.17, 15) is 4.79 Å². The quantitative estimate of drug-likeness (QED) is 0.668. The van der Waals surface area contributed by atoms with Crippen molar-refractivity contribution >= 4 is 42.1 Å². The second-order valence-electron chi connectivity index (χ2n) is 4.79. The Bertz CT molecular complexity index is 400. The van der Waals surface area contributed by atoms with Crippen molar-refractivity contribution in [1.82, 2.24) is 10.3 Å². The van der Waals surface area contributed by atoms with Gasteiger partial charge in [0, 0.05) is 24.3 Å². The van der Waals surface area contributed by atoms with Crippen LogP contribution in [0.2, 0.25) is 0 Å². The molecule has 1 rings (SSSR count). The summed E-state index contributed by atoms with van der Waals surface area (Å²) in [5.74, 6) is 0.159. The van der Waals surface area contributed by atoms with Gasteiger partial charge >= 0.3 is 0 Å². The van der Waals surface area contributed by atoms with E-state index in [-0.39, 0.29) is 30.7 Å². The van der Waals surface area contributed by atoms with Crippen LogP contribution in [0.25, 0.3) is 0 Å². The summed E-state index contributed by atoms with van der Waals surface area (Å²) >= 11 is 1.72. The van der Waals surface area contributed by atoms with E-state index in [1.54, 1.807) is 11.3 Å². The van der Waals surface area contributed by atoms with E-state index < -0.39 is 0 Å². The third-order valence-corrected chi connectivity index (χ3v) is 4.16. The van der Waals surface area contributed by atoms with Gasteiger partial charge in [0.15, 0.2) is 0 Å². The molecule has 1 heterocycles. The van der Waals surface area contributed by atoms with Gasteiger partial charge in [0.25, 0.3) is 0 Å². The van der Waals surface area contributed by atoms with Gasteiger partial charge in [-0.1, -0.05) is 12.8 Å². The van der Waals surface area contributed by atoms with Crippen LogP contribution in [-0.2, 0) is 11.2 Å². The number of carbonyl (C=O) groups is 1. The molecular weight excluding hydrogens is 329 g/mol. The number of rotatable bonds is 9. The summed E-state index contributed by atoms with van der Waals surface area (Å²) in [6.07, 6.45) is 5.76. The van der Waals surface area contributed by atoms with E-state index >= 15 is 0 Å². The normalized spacial score (nSPS) is 9.67. The van der Waals surface area contributed by atoms with Gasteiger partial charge < -0.3 is 11.1 Å². The lowest BCUT2D eigenvalue weighted by molar-refractivity contribution is -0.121. The molecule has 0 unspecified atom stereocenters. The summed E-state index contributed by atoms with van der Waals surface area (Å²) in [4.78, 5) is 17.3. The van der Waals surface area contributed by atoms with Gasteiger partial charge in [0.05, 0.1) is 10.7 Å². The lowest BCUT2D eigenvalue weighted by Crippen LogP contribution is -2.25. The van der Waals surface area contributed by atoms with Gasteiger partial charge in [0.1, 0.15) is 0 Å². The van der Waals surface area contributed by atoms with E-state index in [1.165, 1.54) is 4.88 Å². The standard InChI is InChI=1S/C14H25N3OS.2ClH/c1-11-13(19-12(2)17-11)8-10-16-14(18)7-5-3-4-6-9-15;;/h3-10,15H2,1-2H3,(H,16,18);2*1H. The number of nitrogens with zero attached hydrogens (tertiary/aromatic N) is 1. The van der Waals surface area contributed by atoms with Gasteiger partial charge in [-0.15, -0.1) is 36.2 Å². The molecule has 0 aliphatic carbocycles. The molecule has 124 valence electrons. The van der Waals surface area contributed by atoms with Crippen LogP contribution in [0.3, 0.4) is 0 Å². The average Bonchev–Trinajstić information content (AvgIpc) is 2.68. The number of amides is 1. The number of nitrogens with two attached hydrogens (primary N) is 1. The van der Waals surface area contributed by atoms with Crippen molar-refractivity contribution in [3.63, 3.8) is 0 Å². The van der Waals surface area contributed by atoms with Crippen molar-refractivity contribution in [2.75, 3.05) is 13.1 Å². The summed E-state index contributed by atoms with van der Waals surface area (Å²) < 4.78 is 0. The second-order valence-corrected chi connectivity index (χ2v) is 6.08. The largest absolute Gasteiger partial charge is 0.356 e. The fraction of sp³-hybridized carbons (Fsp3) is 0.714. The summed E-state index contributed by atoms with van der Waals surface area (Å²) in [6.45, 7) is 5.50. The SMILES string of the molecule is Cc1nc(C)c(CCNC(=O)CCCCCCN)s1.Cl.Cl. The van der Waals surface area contributed by atoms with Gasteiger partial charge in [-0.05, 0) is 33.2 Å². The number of hydrogen-bond donors (Lipinski definition) is 2. The molecule has 3 N–H and O–H groups in total. The minimum absolute atomic E-state index is 0. The van der Waals surface area contributed by atoms with Crippen LogP contribution >= 0.6 is 36.2 Å². The van der Waals surface area contributed by atoms with Crippen LogP contribution in [0, 0.1) is 13.8 Å². The van der Waals surface area contributed by atoms with E-state index in [2.05, 4.69) is 10.3 Å². The molecule has 0 aliphatic heterocycles. The Morgan fingerprint density at radius 2 is 1.86 bits per heavy atom. The first-order valence-electron chi connectivity index (χ1n) is 7.03. The maximum absolute atomic E-state index is 11.6. The van der Waals surface area contributed by atoms with E-state index in [1.807, 2.05) is 13.8 Å². The Balaban J connectivity index is 0. The van der Waals surface area contributed by atoms with Crippen LogP contribution in [0.15, 0.2) is 0 Å². The molecule has 1 aromatic heterocycles. The first kappa shape index (κ1) is 22.9. The monoisotopic (exact) mass is 355 g/mol. The third kappa shape index (κ3) is 10.1. The Morgan fingerprint density at radius 3 is 2.43 bits per heavy atom. The Hall–Kier alpha value is -0.360. The first-order chi connectivity index (χ1) is 9.13. The summed E-state index contributed by atoms with van der Waals surface area (Å²) in [5.41, 5.74) is 6.52. The fourth-order valence-corrected chi connectivity index (χ4v) is 2.93. The van der Waals surface area contributed by atoms with Crippen LogP contribution in [-0.4, -0.2) is 24.0 Å². The highest BCUT2D eigenvalue weighted by Gasteiger charge is 2.05. The molecule has 7 heteroatoms. The van der Waals surface area contributed by atoms with Crippen molar-refractivity contribution in [1.29, 1.82) is 0 Å². The maximum Gasteiger partial charge on any atom is 0.220 e. The highest BCUT2D eigenvalue weighted by atomic mass is 35.5. The molecule has 21 heavy (non-hydrogen) atoms. The molecule has 0 aliphatic rings. The number of unbranched alkanes of at least 4 members (excludes halogenated alkanes) is 3. The van der Waals surface area contributed by atoms with Crippen LogP contribution in [0.5, 0.6) is 0 Å². The zero-order valence-corrected chi connectivity index (χ0v) is 15.3. The van der Waals surface area contributed by atoms with Crippen molar-refractivity contribution in [2.24, 2.45) is 5.73 Å². The summed E-state index contributed by atoms with van der Waals surface area (Å²) in [7, 11) is 0. The van der Waals surface area contributed by atoms with Crippen LogP contribution in [0.4, 0.5) is 0 Å². The summed E-state index contributed by atoms with van der Waals surface area (Å²) in [6, 6.07) is 0. The highest BCUT2D eigenvalue weighted by molar-refractivity contribution is 7.11. The molecule has 4 nitrogen and oxygen atoms in total. The molecule has 0 spiro atoms. The highest BCUT2D eigenvalue weighted by Crippen LogP contribution is 2.17. The predicted octanol–water partition coefficient (Wildman–Crippen LogP) is 3.17. The fourth-order valence-electron chi connectivity index (χ4n) is 1.99. The molecule has 0 aromatic carbocycles. The molecule has 0 radical (unpaired) electrons. The molecule has 0 atom stereocenters. The van der Waals surface area contributed by atoms with Gasteiger partial charge in [-0.3, -0.25) is 4.79 Å². The molecule has 1 amide bonds. The molecular formula is C14H27Cl2N3OS. The Labute approximate surface area is 144 Å². The predicted molar refractivity (Wildman–Crippen MR) is 94.9 cm³/mol.